The van der Waals surface area contributed by atoms with E-state index in [1.54, 1.807) is 0 Å². The van der Waals surface area contributed by atoms with Gasteiger partial charge in [0.1, 0.15) is 0 Å². The zero-order chi connectivity index (χ0) is 9.97. The van der Waals surface area contributed by atoms with E-state index in [4.69, 9.17) is 5.73 Å². The summed E-state index contributed by atoms with van der Waals surface area (Å²) in [5.74, 6) is 0.674. The van der Waals surface area contributed by atoms with Gasteiger partial charge in [-0.3, -0.25) is 0 Å². The third-order valence-electron chi connectivity index (χ3n) is 3.07. The van der Waals surface area contributed by atoms with Crippen molar-refractivity contribution in [3.8, 4) is 0 Å². The van der Waals surface area contributed by atoms with Crippen LogP contribution >= 0.6 is 0 Å². The Balaban J connectivity index is 2.18. The highest BCUT2D eigenvalue weighted by Gasteiger charge is 2.22. The summed E-state index contributed by atoms with van der Waals surface area (Å²) in [5, 5.41) is 3.41. The Hall–Kier alpha value is -1.02. The van der Waals surface area contributed by atoms with E-state index in [1.807, 2.05) is 6.07 Å². The molecule has 0 heterocycles. The molecule has 76 valence electrons. The second kappa shape index (κ2) is 4.01. The molecule has 0 aliphatic heterocycles. The largest absolute Gasteiger partial charge is 0.398 e. The predicted octanol–water partition coefficient (Wildman–Crippen LogP) is 1.91. The number of fused-ring (bicyclic) bond motifs is 1. The standard InChI is InChI=1S/C12H18N2/c1-2-14-8-9-6-7-11-10(9)4-3-5-12(11)13/h3-5,9,14H,2,6-8,13H2,1H3. The Labute approximate surface area is 85.5 Å². The molecular weight excluding hydrogens is 172 g/mol. The molecule has 0 bridgehead atoms. The summed E-state index contributed by atoms with van der Waals surface area (Å²) in [4.78, 5) is 0. The van der Waals surface area contributed by atoms with Gasteiger partial charge in [-0.2, -0.15) is 0 Å². The molecule has 1 aliphatic rings. The van der Waals surface area contributed by atoms with Crippen molar-refractivity contribution in [1.82, 2.24) is 5.32 Å². The van der Waals surface area contributed by atoms with E-state index in [0.29, 0.717) is 5.92 Å². The van der Waals surface area contributed by atoms with E-state index in [1.165, 1.54) is 17.5 Å². The Morgan fingerprint density at radius 2 is 2.36 bits per heavy atom. The van der Waals surface area contributed by atoms with Gasteiger partial charge in [-0.05, 0) is 42.5 Å². The first-order valence-corrected chi connectivity index (χ1v) is 5.41. The van der Waals surface area contributed by atoms with Crippen LogP contribution in [0, 0.1) is 0 Å². The second-order valence-corrected chi connectivity index (χ2v) is 3.96. The summed E-state index contributed by atoms with van der Waals surface area (Å²) in [7, 11) is 0. The van der Waals surface area contributed by atoms with Gasteiger partial charge in [0.25, 0.3) is 0 Å². The maximum Gasteiger partial charge on any atom is 0.0349 e. The minimum absolute atomic E-state index is 0.674. The molecule has 1 unspecified atom stereocenters. The molecule has 0 radical (unpaired) electrons. The summed E-state index contributed by atoms with van der Waals surface area (Å²) >= 11 is 0. The van der Waals surface area contributed by atoms with Gasteiger partial charge in [-0.25, -0.2) is 0 Å². The summed E-state index contributed by atoms with van der Waals surface area (Å²) < 4.78 is 0. The van der Waals surface area contributed by atoms with Crippen LogP contribution in [0.1, 0.15) is 30.4 Å². The van der Waals surface area contributed by atoms with Crippen LogP contribution in [0.15, 0.2) is 18.2 Å². The number of nitrogen functional groups attached to an aromatic ring is 1. The van der Waals surface area contributed by atoms with Gasteiger partial charge in [0.2, 0.25) is 0 Å². The minimum Gasteiger partial charge on any atom is -0.398 e. The molecule has 0 spiro atoms. The number of hydrogen-bond donors (Lipinski definition) is 2. The van der Waals surface area contributed by atoms with Crippen molar-refractivity contribution in [1.29, 1.82) is 0 Å². The van der Waals surface area contributed by atoms with Crippen molar-refractivity contribution in [2.45, 2.75) is 25.7 Å². The number of nitrogens with two attached hydrogens (primary N) is 1. The average molecular weight is 190 g/mol. The third-order valence-corrected chi connectivity index (χ3v) is 3.07. The first-order chi connectivity index (χ1) is 6.83. The van der Waals surface area contributed by atoms with Gasteiger partial charge in [0.05, 0.1) is 0 Å². The van der Waals surface area contributed by atoms with Crippen molar-refractivity contribution in [3.63, 3.8) is 0 Å². The van der Waals surface area contributed by atoms with Crippen LogP contribution in [-0.2, 0) is 6.42 Å². The van der Waals surface area contributed by atoms with E-state index >= 15 is 0 Å². The zero-order valence-corrected chi connectivity index (χ0v) is 8.72. The van der Waals surface area contributed by atoms with Crippen LogP contribution in [0.3, 0.4) is 0 Å². The average Bonchev–Trinajstić information content (AvgIpc) is 2.60. The Bertz CT molecular complexity index is 320. The molecule has 1 aromatic carbocycles. The highest BCUT2D eigenvalue weighted by atomic mass is 14.8. The van der Waals surface area contributed by atoms with E-state index < -0.39 is 0 Å². The SMILES string of the molecule is CCNCC1CCc2c(N)cccc21. The molecule has 2 rings (SSSR count). The summed E-state index contributed by atoms with van der Waals surface area (Å²) in [6.45, 7) is 4.29. The molecular formula is C12H18N2. The zero-order valence-electron chi connectivity index (χ0n) is 8.72. The summed E-state index contributed by atoms with van der Waals surface area (Å²) in [6.07, 6.45) is 2.40. The first kappa shape index (κ1) is 9.53. The third kappa shape index (κ3) is 1.62. The van der Waals surface area contributed by atoms with Gasteiger partial charge < -0.3 is 11.1 Å². The molecule has 2 nitrogen and oxygen atoms in total. The molecule has 0 fully saturated rings. The second-order valence-electron chi connectivity index (χ2n) is 3.96. The van der Waals surface area contributed by atoms with Crippen molar-refractivity contribution in [3.05, 3.63) is 29.3 Å². The highest BCUT2D eigenvalue weighted by Crippen LogP contribution is 2.35. The quantitative estimate of drug-likeness (QED) is 0.714. The fourth-order valence-electron chi connectivity index (χ4n) is 2.30. The van der Waals surface area contributed by atoms with E-state index in [-0.39, 0.29) is 0 Å². The van der Waals surface area contributed by atoms with Gasteiger partial charge >= 0.3 is 0 Å². The molecule has 1 aliphatic carbocycles. The lowest BCUT2D eigenvalue weighted by atomic mass is 10.0. The van der Waals surface area contributed by atoms with Crippen LogP contribution in [0.5, 0.6) is 0 Å². The molecule has 3 N–H and O–H groups in total. The van der Waals surface area contributed by atoms with Crippen LogP contribution in [0.4, 0.5) is 5.69 Å². The molecule has 0 aromatic heterocycles. The van der Waals surface area contributed by atoms with Crippen LogP contribution < -0.4 is 11.1 Å². The minimum atomic E-state index is 0.674. The van der Waals surface area contributed by atoms with Crippen molar-refractivity contribution in [2.24, 2.45) is 0 Å². The molecule has 1 atom stereocenters. The fraction of sp³-hybridized carbons (Fsp3) is 0.500. The van der Waals surface area contributed by atoms with Gasteiger partial charge in [0, 0.05) is 12.2 Å². The normalized spacial score (nSPS) is 19.6. The molecule has 2 heteroatoms. The van der Waals surface area contributed by atoms with Crippen molar-refractivity contribution < 1.29 is 0 Å². The smallest absolute Gasteiger partial charge is 0.0349 e. The number of rotatable bonds is 3. The topological polar surface area (TPSA) is 38.0 Å². The highest BCUT2D eigenvalue weighted by molar-refractivity contribution is 5.54. The van der Waals surface area contributed by atoms with E-state index in [0.717, 1.165) is 25.2 Å². The monoisotopic (exact) mass is 190 g/mol. The molecule has 0 saturated heterocycles. The van der Waals surface area contributed by atoms with Crippen LogP contribution in [-0.4, -0.2) is 13.1 Å². The maximum absolute atomic E-state index is 5.94. The van der Waals surface area contributed by atoms with Gasteiger partial charge in [-0.15, -0.1) is 0 Å². The Kier molecular flexibility index (Phi) is 2.73. The molecule has 0 amide bonds. The van der Waals surface area contributed by atoms with Crippen molar-refractivity contribution in [2.75, 3.05) is 18.8 Å². The lowest BCUT2D eigenvalue weighted by molar-refractivity contribution is 0.594. The summed E-state index contributed by atoms with van der Waals surface area (Å²) in [5.41, 5.74) is 9.76. The van der Waals surface area contributed by atoms with Gasteiger partial charge in [0.15, 0.2) is 0 Å². The molecule has 0 saturated carbocycles. The Morgan fingerprint density at radius 3 is 3.14 bits per heavy atom. The number of anilines is 1. The fourth-order valence-corrected chi connectivity index (χ4v) is 2.30. The number of nitrogens with one attached hydrogen (secondary N) is 1. The lowest BCUT2D eigenvalue weighted by Crippen LogP contribution is -2.19. The van der Waals surface area contributed by atoms with Crippen LogP contribution in [0.2, 0.25) is 0 Å². The van der Waals surface area contributed by atoms with E-state index in [9.17, 15) is 0 Å². The van der Waals surface area contributed by atoms with Crippen LogP contribution in [0.25, 0.3) is 0 Å². The summed E-state index contributed by atoms with van der Waals surface area (Å²) in [6, 6.07) is 6.30. The predicted molar refractivity (Wildman–Crippen MR) is 60.5 cm³/mol. The maximum atomic E-state index is 5.94. The molecule has 14 heavy (non-hydrogen) atoms. The number of benzene rings is 1. The number of hydrogen-bond acceptors (Lipinski definition) is 2. The Morgan fingerprint density at radius 1 is 1.50 bits per heavy atom. The van der Waals surface area contributed by atoms with Gasteiger partial charge in [-0.1, -0.05) is 19.1 Å². The molecule has 1 aromatic rings. The van der Waals surface area contributed by atoms with Crippen molar-refractivity contribution >= 4 is 5.69 Å². The van der Waals surface area contributed by atoms with E-state index in [2.05, 4.69) is 24.4 Å². The first-order valence-electron chi connectivity index (χ1n) is 5.41. The number of likely N-dealkylation sites (N-methyl/N-ethyl adjacent to an activating group) is 1. The lowest BCUT2D eigenvalue weighted by Gasteiger charge is -2.11.